The third kappa shape index (κ3) is 3.66. The molecule has 0 bridgehead atoms. The van der Waals surface area contributed by atoms with Gasteiger partial charge in [0.25, 0.3) is 5.91 Å². The fourth-order valence-electron chi connectivity index (χ4n) is 1.82. The van der Waals surface area contributed by atoms with Crippen LogP contribution < -0.4 is 10.2 Å². The van der Waals surface area contributed by atoms with Crippen LogP contribution in [0.4, 0.5) is 11.5 Å². The quantitative estimate of drug-likeness (QED) is 0.876. The summed E-state index contributed by atoms with van der Waals surface area (Å²) in [6.45, 7) is 1.49. The van der Waals surface area contributed by atoms with Crippen LogP contribution in [-0.2, 0) is 0 Å². The molecule has 0 unspecified atom stereocenters. The van der Waals surface area contributed by atoms with Crippen LogP contribution in [0.3, 0.4) is 0 Å². The zero-order chi connectivity index (χ0) is 15.4. The van der Waals surface area contributed by atoms with Gasteiger partial charge in [-0.2, -0.15) is 0 Å². The highest BCUT2D eigenvalue weighted by molar-refractivity contribution is 6.05. The molecule has 1 aromatic carbocycles. The van der Waals surface area contributed by atoms with Crippen LogP contribution in [0.5, 0.6) is 0 Å². The minimum atomic E-state index is -0.235. The SMILES string of the molecule is CC(=O)c1cccc(NC(=O)c2ccnc(N(C)C)c2)c1. The molecule has 1 aromatic heterocycles. The van der Waals surface area contributed by atoms with E-state index in [1.54, 1.807) is 42.6 Å². The van der Waals surface area contributed by atoms with E-state index in [1.165, 1.54) is 6.92 Å². The van der Waals surface area contributed by atoms with Crippen LogP contribution in [0.15, 0.2) is 42.6 Å². The first-order valence-corrected chi connectivity index (χ1v) is 6.53. The Balaban J connectivity index is 2.20. The van der Waals surface area contributed by atoms with E-state index in [0.717, 1.165) is 0 Å². The van der Waals surface area contributed by atoms with Gasteiger partial charge in [-0.1, -0.05) is 12.1 Å². The zero-order valence-electron chi connectivity index (χ0n) is 12.3. The third-order valence-electron chi connectivity index (χ3n) is 2.99. The van der Waals surface area contributed by atoms with Crippen LogP contribution in [0.2, 0.25) is 0 Å². The van der Waals surface area contributed by atoms with Crippen molar-refractivity contribution < 1.29 is 9.59 Å². The molecule has 5 heteroatoms. The fourth-order valence-corrected chi connectivity index (χ4v) is 1.82. The van der Waals surface area contributed by atoms with Crippen molar-refractivity contribution in [2.45, 2.75) is 6.92 Å². The van der Waals surface area contributed by atoms with Crippen LogP contribution in [-0.4, -0.2) is 30.8 Å². The highest BCUT2D eigenvalue weighted by Gasteiger charge is 2.09. The average molecular weight is 283 g/mol. The van der Waals surface area contributed by atoms with Crippen LogP contribution in [0.25, 0.3) is 0 Å². The molecule has 0 saturated heterocycles. The first-order valence-electron chi connectivity index (χ1n) is 6.53. The largest absolute Gasteiger partial charge is 0.363 e. The minimum Gasteiger partial charge on any atom is -0.363 e. The van der Waals surface area contributed by atoms with E-state index < -0.39 is 0 Å². The van der Waals surface area contributed by atoms with Crippen molar-refractivity contribution in [2.75, 3.05) is 24.3 Å². The van der Waals surface area contributed by atoms with Crippen molar-refractivity contribution >= 4 is 23.2 Å². The molecule has 1 N–H and O–H groups in total. The van der Waals surface area contributed by atoms with Crippen molar-refractivity contribution in [3.63, 3.8) is 0 Å². The number of benzene rings is 1. The van der Waals surface area contributed by atoms with E-state index in [-0.39, 0.29) is 11.7 Å². The minimum absolute atomic E-state index is 0.0371. The summed E-state index contributed by atoms with van der Waals surface area (Å²) in [6, 6.07) is 10.2. The second kappa shape index (κ2) is 6.17. The lowest BCUT2D eigenvalue weighted by Gasteiger charge is -2.12. The summed E-state index contributed by atoms with van der Waals surface area (Å²) >= 11 is 0. The molecule has 5 nitrogen and oxygen atoms in total. The molecule has 1 heterocycles. The number of nitrogens with zero attached hydrogens (tertiary/aromatic N) is 2. The Kier molecular flexibility index (Phi) is 4.33. The van der Waals surface area contributed by atoms with Crippen LogP contribution in [0.1, 0.15) is 27.6 Å². The number of anilines is 2. The molecule has 2 rings (SSSR count). The number of rotatable bonds is 4. The lowest BCUT2D eigenvalue weighted by Crippen LogP contribution is -2.15. The van der Waals surface area contributed by atoms with Crippen molar-refractivity contribution in [1.29, 1.82) is 0 Å². The van der Waals surface area contributed by atoms with E-state index in [2.05, 4.69) is 10.3 Å². The standard InChI is InChI=1S/C16H17N3O2/c1-11(20)12-5-4-6-14(9-12)18-16(21)13-7-8-17-15(10-13)19(2)3/h4-10H,1-3H3,(H,18,21). The molecule has 0 saturated carbocycles. The van der Waals surface area contributed by atoms with E-state index in [1.807, 2.05) is 19.0 Å². The number of amides is 1. The van der Waals surface area contributed by atoms with Gasteiger partial charge in [-0.25, -0.2) is 4.98 Å². The Morgan fingerprint density at radius 3 is 2.52 bits per heavy atom. The number of pyridine rings is 1. The summed E-state index contributed by atoms with van der Waals surface area (Å²) < 4.78 is 0. The third-order valence-corrected chi connectivity index (χ3v) is 2.99. The smallest absolute Gasteiger partial charge is 0.255 e. The molecule has 0 aliphatic rings. The number of hydrogen-bond donors (Lipinski definition) is 1. The highest BCUT2D eigenvalue weighted by atomic mass is 16.1. The Morgan fingerprint density at radius 2 is 1.86 bits per heavy atom. The Morgan fingerprint density at radius 1 is 1.10 bits per heavy atom. The zero-order valence-corrected chi connectivity index (χ0v) is 12.3. The van der Waals surface area contributed by atoms with Gasteiger partial charge in [0, 0.05) is 37.1 Å². The topological polar surface area (TPSA) is 62.3 Å². The van der Waals surface area contributed by atoms with Gasteiger partial charge in [-0.15, -0.1) is 0 Å². The average Bonchev–Trinajstić information content (AvgIpc) is 2.47. The maximum Gasteiger partial charge on any atom is 0.255 e. The number of ketones is 1. The molecule has 0 aliphatic heterocycles. The van der Waals surface area contributed by atoms with Crippen molar-refractivity contribution in [2.24, 2.45) is 0 Å². The maximum atomic E-state index is 12.2. The number of aromatic nitrogens is 1. The van der Waals surface area contributed by atoms with Crippen molar-refractivity contribution in [1.82, 2.24) is 4.98 Å². The highest BCUT2D eigenvalue weighted by Crippen LogP contribution is 2.14. The molecule has 108 valence electrons. The van der Waals surface area contributed by atoms with Gasteiger partial charge >= 0.3 is 0 Å². The first-order chi connectivity index (χ1) is 9.97. The molecular formula is C16H17N3O2. The summed E-state index contributed by atoms with van der Waals surface area (Å²) in [6.07, 6.45) is 1.59. The lowest BCUT2D eigenvalue weighted by molar-refractivity contribution is 0.101. The predicted octanol–water partition coefficient (Wildman–Crippen LogP) is 2.60. The molecule has 0 aliphatic carbocycles. The lowest BCUT2D eigenvalue weighted by atomic mass is 10.1. The normalized spacial score (nSPS) is 10.0. The molecule has 0 spiro atoms. The second-order valence-electron chi connectivity index (χ2n) is 4.89. The number of nitrogens with one attached hydrogen (secondary N) is 1. The molecule has 2 aromatic rings. The summed E-state index contributed by atoms with van der Waals surface area (Å²) in [5.74, 6) is 0.436. The Bertz CT molecular complexity index is 681. The molecule has 1 amide bonds. The molecular weight excluding hydrogens is 266 g/mol. The van der Waals surface area contributed by atoms with Gasteiger partial charge < -0.3 is 10.2 Å². The summed E-state index contributed by atoms with van der Waals surface area (Å²) in [4.78, 5) is 29.6. The Hall–Kier alpha value is -2.69. The van der Waals surface area contributed by atoms with E-state index >= 15 is 0 Å². The van der Waals surface area contributed by atoms with Gasteiger partial charge in [0.1, 0.15) is 5.82 Å². The van der Waals surface area contributed by atoms with Gasteiger partial charge in [0.05, 0.1) is 0 Å². The number of hydrogen-bond acceptors (Lipinski definition) is 4. The monoisotopic (exact) mass is 283 g/mol. The number of carbonyl (C=O) groups is 2. The summed E-state index contributed by atoms with van der Waals surface area (Å²) in [7, 11) is 3.72. The van der Waals surface area contributed by atoms with Gasteiger partial charge in [0.15, 0.2) is 5.78 Å². The predicted molar refractivity (Wildman–Crippen MR) is 83.0 cm³/mol. The molecule has 0 fully saturated rings. The van der Waals surface area contributed by atoms with Crippen molar-refractivity contribution in [3.05, 3.63) is 53.7 Å². The Labute approximate surface area is 123 Å². The molecule has 0 radical (unpaired) electrons. The summed E-state index contributed by atoms with van der Waals surface area (Å²) in [5.41, 5.74) is 1.68. The molecule has 21 heavy (non-hydrogen) atoms. The van der Waals surface area contributed by atoms with Gasteiger partial charge in [0.2, 0.25) is 0 Å². The summed E-state index contributed by atoms with van der Waals surface area (Å²) in [5, 5.41) is 2.78. The van der Waals surface area contributed by atoms with E-state index in [0.29, 0.717) is 22.6 Å². The van der Waals surface area contributed by atoms with Crippen LogP contribution >= 0.6 is 0 Å². The fraction of sp³-hybridized carbons (Fsp3) is 0.188. The number of Topliss-reactive ketones (excluding diaryl/α,β-unsaturated/α-hetero) is 1. The maximum absolute atomic E-state index is 12.2. The van der Waals surface area contributed by atoms with Crippen LogP contribution in [0, 0.1) is 0 Å². The van der Waals surface area contributed by atoms with Gasteiger partial charge in [-0.05, 0) is 31.2 Å². The van der Waals surface area contributed by atoms with E-state index in [9.17, 15) is 9.59 Å². The van der Waals surface area contributed by atoms with Crippen molar-refractivity contribution in [3.8, 4) is 0 Å². The first kappa shape index (κ1) is 14.7. The number of carbonyl (C=O) groups excluding carboxylic acids is 2. The van der Waals surface area contributed by atoms with E-state index in [4.69, 9.17) is 0 Å². The van der Waals surface area contributed by atoms with Gasteiger partial charge in [-0.3, -0.25) is 9.59 Å². The molecule has 0 atom stereocenters. The second-order valence-corrected chi connectivity index (χ2v) is 4.89.